The maximum atomic E-state index is 11.7. The molecule has 1 heterocycles. The lowest BCUT2D eigenvalue weighted by atomic mass is 10.2. The third-order valence-electron chi connectivity index (χ3n) is 3.46. The van der Waals surface area contributed by atoms with Gasteiger partial charge in [-0.2, -0.15) is 0 Å². The lowest BCUT2D eigenvalue weighted by Gasteiger charge is -2.19. The molecule has 106 valence electrons. The Labute approximate surface area is 112 Å². The summed E-state index contributed by atoms with van der Waals surface area (Å²) < 4.78 is 0. The van der Waals surface area contributed by atoms with Crippen LogP contribution in [0, 0.1) is 0 Å². The quantitative estimate of drug-likeness (QED) is 0.697. The minimum atomic E-state index is 0.206. The van der Waals surface area contributed by atoms with Crippen molar-refractivity contribution in [3.05, 3.63) is 0 Å². The number of likely N-dealkylation sites (tertiary alicyclic amines) is 1. The first-order valence-electron chi connectivity index (χ1n) is 7.32. The first-order valence-corrected chi connectivity index (χ1v) is 7.32. The van der Waals surface area contributed by atoms with Gasteiger partial charge in [-0.3, -0.25) is 4.79 Å². The first kappa shape index (κ1) is 15.4. The van der Waals surface area contributed by atoms with Crippen LogP contribution in [-0.4, -0.2) is 62.5 Å². The van der Waals surface area contributed by atoms with E-state index in [2.05, 4.69) is 29.2 Å². The van der Waals surface area contributed by atoms with Gasteiger partial charge in [-0.15, -0.1) is 0 Å². The van der Waals surface area contributed by atoms with Crippen molar-refractivity contribution in [1.29, 1.82) is 0 Å². The zero-order valence-electron chi connectivity index (χ0n) is 12.1. The zero-order valence-corrected chi connectivity index (χ0v) is 12.1. The molecule has 0 aromatic heterocycles. The van der Waals surface area contributed by atoms with Crippen molar-refractivity contribution < 1.29 is 4.79 Å². The van der Waals surface area contributed by atoms with Gasteiger partial charge in [0, 0.05) is 19.5 Å². The molecule has 0 saturated carbocycles. The van der Waals surface area contributed by atoms with Crippen molar-refractivity contribution in [2.75, 3.05) is 46.8 Å². The molecule has 4 heteroatoms. The summed E-state index contributed by atoms with van der Waals surface area (Å²) in [7, 11) is 4.11. The molecule has 4 nitrogen and oxygen atoms in total. The Morgan fingerprint density at radius 1 is 1.17 bits per heavy atom. The van der Waals surface area contributed by atoms with Gasteiger partial charge in [-0.05, 0) is 53.0 Å². The fourth-order valence-corrected chi connectivity index (χ4v) is 2.33. The first-order chi connectivity index (χ1) is 8.68. The highest BCUT2D eigenvalue weighted by Crippen LogP contribution is 2.09. The lowest BCUT2D eigenvalue weighted by Crippen LogP contribution is -2.32. The Morgan fingerprint density at radius 2 is 1.83 bits per heavy atom. The molecule has 1 N–H and O–H groups in total. The molecule has 0 bridgehead atoms. The third-order valence-corrected chi connectivity index (χ3v) is 3.46. The molecular weight excluding hydrogens is 226 g/mol. The zero-order chi connectivity index (χ0) is 13.2. The van der Waals surface area contributed by atoms with E-state index in [4.69, 9.17) is 0 Å². The second-order valence-corrected chi connectivity index (χ2v) is 5.51. The fourth-order valence-electron chi connectivity index (χ4n) is 2.33. The average molecular weight is 255 g/mol. The monoisotopic (exact) mass is 255 g/mol. The molecule has 1 aliphatic heterocycles. The summed E-state index contributed by atoms with van der Waals surface area (Å²) in [5.74, 6) is 0.206. The van der Waals surface area contributed by atoms with Gasteiger partial charge in [0.05, 0.1) is 0 Å². The van der Waals surface area contributed by atoms with Crippen molar-refractivity contribution in [3.63, 3.8) is 0 Å². The molecule has 18 heavy (non-hydrogen) atoms. The lowest BCUT2D eigenvalue weighted by molar-refractivity contribution is -0.121. The molecule has 0 aliphatic carbocycles. The number of carbonyl (C=O) groups excluding carboxylic acids is 1. The second-order valence-electron chi connectivity index (χ2n) is 5.51. The SMILES string of the molecule is CN(C)CCCNC(=O)CCN1CCCCCC1. The van der Waals surface area contributed by atoms with Crippen molar-refractivity contribution in [2.45, 2.75) is 38.5 Å². The van der Waals surface area contributed by atoms with Crippen LogP contribution in [-0.2, 0) is 4.79 Å². The van der Waals surface area contributed by atoms with Crippen molar-refractivity contribution in [1.82, 2.24) is 15.1 Å². The number of hydrogen-bond donors (Lipinski definition) is 1. The minimum absolute atomic E-state index is 0.206. The Balaban J connectivity index is 2.01. The Hall–Kier alpha value is -0.610. The topological polar surface area (TPSA) is 35.6 Å². The molecule has 0 radical (unpaired) electrons. The number of hydrogen-bond acceptors (Lipinski definition) is 3. The van der Waals surface area contributed by atoms with Crippen molar-refractivity contribution >= 4 is 5.91 Å². The van der Waals surface area contributed by atoms with Gasteiger partial charge in [-0.25, -0.2) is 0 Å². The van der Waals surface area contributed by atoms with E-state index in [0.29, 0.717) is 6.42 Å². The van der Waals surface area contributed by atoms with E-state index in [1.165, 1.54) is 38.8 Å². The molecule has 1 rings (SSSR count). The van der Waals surface area contributed by atoms with Crippen LogP contribution in [0.3, 0.4) is 0 Å². The van der Waals surface area contributed by atoms with Gasteiger partial charge >= 0.3 is 0 Å². The normalized spacial score (nSPS) is 17.7. The van der Waals surface area contributed by atoms with Gasteiger partial charge < -0.3 is 15.1 Å². The van der Waals surface area contributed by atoms with Crippen LogP contribution in [0.15, 0.2) is 0 Å². The van der Waals surface area contributed by atoms with E-state index in [9.17, 15) is 4.79 Å². The van der Waals surface area contributed by atoms with Crippen LogP contribution in [0.1, 0.15) is 38.5 Å². The second kappa shape index (κ2) is 9.34. The van der Waals surface area contributed by atoms with E-state index in [1.54, 1.807) is 0 Å². The number of amides is 1. The molecule has 0 spiro atoms. The maximum Gasteiger partial charge on any atom is 0.221 e. The third kappa shape index (κ3) is 7.67. The standard InChI is InChI=1S/C14H29N3O/c1-16(2)10-7-9-15-14(18)8-13-17-11-5-3-4-6-12-17/h3-13H2,1-2H3,(H,15,18). The highest BCUT2D eigenvalue weighted by molar-refractivity contribution is 5.75. The molecule has 0 unspecified atom stereocenters. The van der Waals surface area contributed by atoms with Gasteiger partial charge in [0.25, 0.3) is 0 Å². The largest absolute Gasteiger partial charge is 0.356 e. The molecule has 0 aromatic rings. The highest BCUT2D eigenvalue weighted by atomic mass is 16.1. The van der Waals surface area contributed by atoms with Gasteiger partial charge in [0.15, 0.2) is 0 Å². The van der Waals surface area contributed by atoms with E-state index < -0.39 is 0 Å². The van der Waals surface area contributed by atoms with Gasteiger partial charge in [0.1, 0.15) is 0 Å². The number of nitrogens with one attached hydrogen (secondary N) is 1. The molecule has 1 fully saturated rings. The molecule has 1 amide bonds. The Kier molecular flexibility index (Phi) is 8.01. The Bertz CT molecular complexity index is 223. The van der Waals surface area contributed by atoms with Crippen LogP contribution >= 0.6 is 0 Å². The van der Waals surface area contributed by atoms with E-state index in [-0.39, 0.29) is 5.91 Å². The summed E-state index contributed by atoms with van der Waals surface area (Å²) in [6, 6.07) is 0. The van der Waals surface area contributed by atoms with Gasteiger partial charge in [0.2, 0.25) is 5.91 Å². The predicted octanol–water partition coefficient (Wildman–Crippen LogP) is 1.32. The van der Waals surface area contributed by atoms with Crippen molar-refractivity contribution in [2.24, 2.45) is 0 Å². The molecule has 1 saturated heterocycles. The van der Waals surface area contributed by atoms with E-state index in [1.807, 2.05) is 0 Å². The molecule has 0 atom stereocenters. The molecule has 0 aromatic carbocycles. The number of nitrogens with zero attached hydrogens (tertiary/aromatic N) is 2. The van der Waals surface area contributed by atoms with Crippen LogP contribution < -0.4 is 5.32 Å². The maximum absolute atomic E-state index is 11.7. The summed E-state index contributed by atoms with van der Waals surface area (Å²) in [5.41, 5.74) is 0. The van der Waals surface area contributed by atoms with Crippen LogP contribution in [0.2, 0.25) is 0 Å². The predicted molar refractivity (Wildman–Crippen MR) is 75.7 cm³/mol. The van der Waals surface area contributed by atoms with Crippen LogP contribution in [0.4, 0.5) is 0 Å². The summed E-state index contributed by atoms with van der Waals surface area (Å²) in [4.78, 5) is 16.2. The smallest absolute Gasteiger partial charge is 0.221 e. The molecular formula is C14H29N3O. The summed E-state index contributed by atoms with van der Waals surface area (Å²) in [6.45, 7) is 5.12. The van der Waals surface area contributed by atoms with Crippen molar-refractivity contribution in [3.8, 4) is 0 Å². The summed E-state index contributed by atoms with van der Waals surface area (Å²) >= 11 is 0. The van der Waals surface area contributed by atoms with Crippen LogP contribution in [0.5, 0.6) is 0 Å². The van der Waals surface area contributed by atoms with E-state index >= 15 is 0 Å². The minimum Gasteiger partial charge on any atom is -0.356 e. The summed E-state index contributed by atoms with van der Waals surface area (Å²) in [6.07, 6.45) is 6.99. The van der Waals surface area contributed by atoms with E-state index in [0.717, 1.165) is 26.1 Å². The number of carbonyl (C=O) groups is 1. The average Bonchev–Trinajstić information content (AvgIpc) is 2.60. The van der Waals surface area contributed by atoms with Gasteiger partial charge in [-0.1, -0.05) is 12.8 Å². The highest BCUT2D eigenvalue weighted by Gasteiger charge is 2.10. The Morgan fingerprint density at radius 3 is 2.44 bits per heavy atom. The summed E-state index contributed by atoms with van der Waals surface area (Å²) in [5, 5.41) is 3.00. The molecule has 1 aliphatic rings. The fraction of sp³-hybridized carbons (Fsp3) is 0.929. The van der Waals surface area contributed by atoms with Crippen LogP contribution in [0.25, 0.3) is 0 Å². The number of rotatable bonds is 7.